The van der Waals surface area contributed by atoms with Gasteiger partial charge in [-0.25, -0.2) is 9.89 Å². The standard InChI is InChI=1S/C9H16N4O2/c1-2-3-13-4-5-15-7(6-13)8-10-9(14)12-11-8/h7H,2-6H2,1H3,(H2,10,11,12,14). The van der Waals surface area contributed by atoms with Crippen LogP contribution in [0.4, 0.5) is 0 Å². The number of aromatic nitrogens is 3. The number of morpholine rings is 1. The monoisotopic (exact) mass is 212 g/mol. The van der Waals surface area contributed by atoms with E-state index in [1.807, 2.05) is 0 Å². The van der Waals surface area contributed by atoms with Gasteiger partial charge in [0.2, 0.25) is 0 Å². The number of ether oxygens (including phenoxy) is 1. The van der Waals surface area contributed by atoms with Gasteiger partial charge >= 0.3 is 5.69 Å². The summed E-state index contributed by atoms with van der Waals surface area (Å²) in [6.07, 6.45) is 1.02. The first-order chi connectivity index (χ1) is 7.29. The molecule has 15 heavy (non-hydrogen) atoms. The number of H-pyrrole nitrogens is 2. The van der Waals surface area contributed by atoms with Crippen molar-refractivity contribution in [3.05, 3.63) is 16.3 Å². The van der Waals surface area contributed by atoms with Crippen LogP contribution < -0.4 is 5.69 Å². The van der Waals surface area contributed by atoms with Crippen molar-refractivity contribution in [2.75, 3.05) is 26.2 Å². The van der Waals surface area contributed by atoms with Gasteiger partial charge in [0, 0.05) is 13.1 Å². The molecule has 2 N–H and O–H groups in total. The SMILES string of the molecule is CCCN1CCOC(c2n[nH]c(=O)[nH]2)C1. The second-order valence-electron chi connectivity index (χ2n) is 3.72. The second kappa shape index (κ2) is 4.59. The molecule has 0 bridgehead atoms. The summed E-state index contributed by atoms with van der Waals surface area (Å²) in [6.45, 7) is 5.67. The van der Waals surface area contributed by atoms with Crippen molar-refractivity contribution in [1.82, 2.24) is 20.1 Å². The Kier molecular flexibility index (Phi) is 3.17. The summed E-state index contributed by atoms with van der Waals surface area (Å²) in [5.74, 6) is 0.598. The molecule has 1 aromatic heterocycles. The van der Waals surface area contributed by atoms with E-state index in [2.05, 4.69) is 27.0 Å². The van der Waals surface area contributed by atoms with E-state index in [4.69, 9.17) is 4.74 Å². The molecule has 1 atom stereocenters. The lowest BCUT2D eigenvalue weighted by Gasteiger charge is -2.31. The molecule has 1 unspecified atom stereocenters. The van der Waals surface area contributed by atoms with Gasteiger partial charge in [-0.2, -0.15) is 5.10 Å². The minimum Gasteiger partial charge on any atom is -0.368 e. The Morgan fingerprint density at radius 2 is 2.53 bits per heavy atom. The first-order valence-electron chi connectivity index (χ1n) is 5.28. The molecule has 0 saturated carbocycles. The highest BCUT2D eigenvalue weighted by molar-refractivity contribution is 4.91. The molecule has 0 amide bonds. The molecule has 1 aliphatic rings. The third-order valence-corrected chi connectivity index (χ3v) is 2.51. The number of rotatable bonds is 3. The van der Waals surface area contributed by atoms with Crippen LogP contribution in [0.3, 0.4) is 0 Å². The molecular formula is C9H16N4O2. The topological polar surface area (TPSA) is 74.0 Å². The highest BCUT2D eigenvalue weighted by Crippen LogP contribution is 2.17. The molecule has 2 rings (SSSR count). The summed E-state index contributed by atoms with van der Waals surface area (Å²) in [6, 6.07) is 0. The van der Waals surface area contributed by atoms with E-state index in [9.17, 15) is 4.79 Å². The van der Waals surface area contributed by atoms with E-state index in [1.165, 1.54) is 0 Å². The number of aromatic amines is 2. The van der Waals surface area contributed by atoms with Crippen LogP contribution in [0.5, 0.6) is 0 Å². The first-order valence-corrected chi connectivity index (χ1v) is 5.28. The zero-order valence-electron chi connectivity index (χ0n) is 8.82. The van der Waals surface area contributed by atoms with Gasteiger partial charge in [-0.3, -0.25) is 9.88 Å². The van der Waals surface area contributed by atoms with Crippen LogP contribution in [0, 0.1) is 0 Å². The molecule has 1 aliphatic heterocycles. The van der Waals surface area contributed by atoms with Crippen molar-refractivity contribution < 1.29 is 4.74 Å². The summed E-state index contributed by atoms with van der Waals surface area (Å²) in [7, 11) is 0. The number of hydrogen-bond acceptors (Lipinski definition) is 4. The van der Waals surface area contributed by atoms with Gasteiger partial charge in [-0.05, 0) is 13.0 Å². The van der Waals surface area contributed by atoms with Gasteiger partial charge < -0.3 is 4.74 Å². The molecule has 6 heteroatoms. The van der Waals surface area contributed by atoms with Gasteiger partial charge in [-0.1, -0.05) is 6.92 Å². The molecular weight excluding hydrogens is 196 g/mol. The summed E-state index contributed by atoms with van der Waals surface area (Å²) in [4.78, 5) is 15.9. The lowest BCUT2D eigenvalue weighted by molar-refractivity contribution is -0.0340. The van der Waals surface area contributed by atoms with Gasteiger partial charge in [0.25, 0.3) is 0 Å². The minimum absolute atomic E-state index is 0.107. The zero-order chi connectivity index (χ0) is 10.7. The normalized spacial score (nSPS) is 23.1. The molecule has 0 spiro atoms. The van der Waals surface area contributed by atoms with Crippen molar-refractivity contribution in [2.24, 2.45) is 0 Å². The third-order valence-electron chi connectivity index (χ3n) is 2.51. The molecule has 6 nitrogen and oxygen atoms in total. The van der Waals surface area contributed by atoms with E-state index in [0.29, 0.717) is 12.4 Å². The Hall–Kier alpha value is -1.14. The predicted molar refractivity (Wildman–Crippen MR) is 54.6 cm³/mol. The second-order valence-corrected chi connectivity index (χ2v) is 3.72. The maximum atomic E-state index is 10.9. The predicted octanol–water partition coefficient (Wildman–Crippen LogP) is -0.119. The molecule has 1 saturated heterocycles. The minimum atomic E-state index is -0.277. The molecule has 0 aliphatic carbocycles. The van der Waals surface area contributed by atoms with E-state index in [-0.39, 0.29) is 11.8 Å². The van der Waals surface area contributed by atoms with E-state index in [0.717, 1.165) is 26.1 Å². The Morgan fingerprint density at radius 3 is 3.20 bits per heavy atom. The van der Waals surface area contributed by atoms with Crippen LogP contribution in [0.1, 0.15) is 25.3 Å². The van der Waals surface area contributed by atoms with E-state index >= 15 is 0 Å². The maximum absolute atomic E-state index is 10.9. The highest BCUT2D eigenvalue weighted by Gasteiger charge is 2.23. The van der Waals surface area contributed by atoms with E-state index < -0.39 is 0 Å². The molecule has 84 valence electrons. The van der Waals surface area contributed by atoms with Crippen LogP contribution in [0.2, 0.25) is 0 Å². The Morgan fingerprint density at radius 1 is 1.67 bits per heavy atom. The average molecular weight is 212 g/mol. The van der Waals surface area contributed by atoms with Crippen LogP contribution >= 0.6 is 0 Å². The zero-order valence-corrected chi connectivity index (χ0v) is 8.82. The molecule has 0 aromatic carbocycles. The fourth-order valence-electron chi connectivity index (χ4n) is 1.82. The van der Waals surface area contributed by atoms with Crippen molar-refractivity contribution in [2.45, 2.75) is 19.4 Å². The van der Waals surface area contributed by atoms with E-state index in [1.54, 1.807) is 0 Å². The lowest BCUT2D eigenvalue weighted by Crippen LogP contribution is -2.39. The fourth-order valence-corrected chi connectivity index (χ4v) is 1.82. The summed E-state index contributed by atoms with van der Waals surface area (Å²) >= 11 is 0. The Balaban J connectivity index is 2.01. The molecule has 1 aromatic rings. The average Bonchev–Trinajstić information content (AvgIpc) is 2.66. The summed E-state index contributed by atoms with van der Waals surface area (Å²) < 4.78 is 5.56. The lowest BCUT2D eigenvalue weighted by atomic mass is 10.2. The molecule has 1 fully saturated rings. The molecule has 2 heterocycles. The van der Waals surface area contributed by atoms with Gasteiger partial charge in [0.15, 0.2) is 5.82 Å². The molecule has 0 radical (unpaired) electrons. The summed E-state index contributed by atoms with van der Waals surface area (Å²) in [5.41, 5.74) is -0.277. The van der Waals surface area contributed by atoms with Crippen molar-refractivity contribution >= 4 is 0 Å². The smallest absolute Gasteiger partial charge is 0.340 e. The highest BCUT2D eigenvalue weighted by atomic mass is 16.5. The maximum Gasteiger partial charge on any atom is 0.340 e. The van der Waals surface area contributed by atoms with Crippen LogP contribution in [-0.4, -0.2) is 46.3 Å². The number of hydrogen-bond donors (Lipinski definition) is 2. The summed E-state index contributed by atoms with van der Waals surface area (Å²) in [5, 5.41) is 6.24. The van der Waals surface area contributed by atoms with Crippen molar-refractivity contribution in [1.29, 1.82) is 0 Å². The van der Waals surface area contributed by atoms with Gasteiger partial charge in [-0.15, -0.1) is 0 Å². The Labute approximate surface area is 87.6 Å². The van der Waals surface area contributed by atoms with Crippen LogP contribution in [0.25, 0.3) is 0 Å². The Bertz CT molecular complexity index is 357. The largest absolute Gasteiger partial charge is 0.368 e. The van der Waals surface area contributed by atoms with Crippen LogP contribution in [-0.2, 0) is 4.74 Å². The van der Waals surface area contributed by atoms with Gasteiger partial charge in [0.1, 0.15) is 6.10 Å². The number of nitrogens with zero attached hydrogens (tertiary/aromatic N) is 2. The quantitative estimate of drug-likeness (QED) is 0.732. The van der Waals surface area contributed by atoms with Crippen molar-refractivity contribution in [3.63, 3.8) is 0 Å². The van der Waals surface area contributed by atoms with Crippen molar-refractivity contribution in [3.8, 4) is 0 Å². The third kappa shape index (κ3) is 2.45. The van der Waals surface area contributed by atoms with Gasteiger partial charge in [0.05, 0.1) is 6.61 Å². The number of nitrogens with one attached hydrogen (secondary N) is 2. The first kappa shape index (κ1) is 10.4. The fraction of sp³-hybridized carbons (Fsp3) is 0.778. The van der Waals surface area contributed by atoms with Crippen LogP contribution in [0.15, 0.2) is 4.79 Å².